The van der Waals surface area contributed by atoms with Crippen molar-refractivity contribution in [2.75, 3.05) is 23.7 Å². The number of anilines is 2. The molecule has 2 aromatic carbocycles. The molecule has 3 aromatic rings. The highest BCUT2D eigenvalue weighted by Crippen LogP contribution is 2.30. The van der Waals surface area contributed by atoms with Gasteiger partial charge in [-0.3, -0.25) is 14.4 Å². The molecule has 1 aromatic heterocycles. The molecule has 1 saturated heterocycles. The van der Waals surface area contributed by atoms with Gasteiger partial charge in [0.1, 0.15) is 5.82 Å². The third kappa shape index (κ3) is 5.46. The zero-order valence-corrected chi connectivity index (χ0v) is 19.0. The van der Waals surface area contributed by atoms with Crippen LogP contribution in [-0.2, 0) is 4.79 Å². The highest BCUT2D eigenvalue weighted by atomic mass is 32.1. The van der Waals surface area contributed by atoms with Crippen LogP contribution in [0.3, 0.4) is 0 Å². The van der Waals surface area contributed by atoms with E-state index < -0.39 is 11.7 Å². The number of benzene rings is 2. The lowest BCUT2D eigenvalue weighted by Crippen LogP contribution is -2.41. The highest BCUT2D eigenvalue weighted by Gasteiger charge is 2.29. The van der Waals surface area contributed by atoms with Gasteiger partial charge < -0.3 is 15.5 Å². The van der Waals surface area contributed by atoms with E-state index in [-0.39, 0.29) is 23.3 Å². The zero-order valence-electron chi connectivity index (χ0n) is 18.1. The molecule has 0 unspecified atom stereocenters. The molecule has 0 bridgehead atoms. The molecule has 8 heteroatoms. The summed E-state index contributed by atoms with van der Waals surface area (Å²) < 4.78 is 13.4. The van der Waals surface area contributed by atoms with E-state index in [1.54, 1.807) is 11.0 Å². The Morgan fingerprint density at radius 2 is 1.70 bits per heavy atom. The topological polar surface area (TPSA) is 78.5 Å². The Bertz CT molecular complexity index is 1170. The Morgan fingerprint density at radius 3 is 2.39 bits per heavy atom. The van der Waals surface area contributed by atoms with Crippen LogP contribution in [0.2, 0.25) is 0 Å². The number of halogens is 1. The van der Waals surface area contributed by atoms with Crippen LogP contribution in [0.5, 0.6) is 0 Å². The number of likely N-dealkylation sites (tertiary alicyclic amines) is 1. The van der Waals surface area contributed by atoms with Crippen molar-refractivity contribution in [3.8, 4) is 0 Å². The molecule has 170 valence electrons. The monoisotopic (exact) mass is 465 g/mol. The third-order valence-electron chi connectivity index (χ3n) is 5.63. The number of carbonyl (C=O) groups is 3. The van der Waals surface area contributed by atoms with Crippen molar-refractivity contribution >= 4 is 39.7 Å². The van der Waals surface area contributed by atoms with E-state index in [1.165, 1.54) is 35.6 Å². The van der Waals surface area contributed by atoms with Gasteiger partial charge in [-0.1, -0.05) is 24.3 Å². The van der Waals surface area contributed by atoms with E-state index in [2.05, 4.69) is 10.6 Å². The van der Waals surface area contributed by atoms with Crippen LogP contribution in [0.4, 0.5) is 15.1 Å². The molecule has 33 heavy (non-hydrogen) atoms. The van der Waals surface area contributed by atoms with Crippen LogP contribution in [-0.4, -0.2) is 35.7 Å². The van der Waals surface area contributed by atoms with Gasteiger partial charge in [0, 0.05) is 30.3 Å². The van der Waals surface area contributed by atoms with Crippen molar-refractivity contribution < 1.29 is 18.8 Å². The Kier molecular flexibility index (Phi) is 6.84. The second kappa shape index (κ2) is 9.95. The molecule has 3 amide bonds. The number of aryl methyl sites for hydroxylation is 1. The largest absolute Gasteiger partial charge is 0.338 e. The van der Waals surface area contributed by atoms with Crippen molar-refractivity contribution in [3.05, 3.63) is 82.5 Å². The molecular formula is C25H24FN3O3S. The molecule has 4 rings (SSSR count). The van der Waals surface area contributed by atoms with Gasteiger partial charge in [-0.2, -0.15) is 0 Å². The van der Waals surface area contributed by atoms with Crippen molar-refractivity contribution in [1.82, 2.24) is 4.90 Å². The first-order chi connectivity index (χ1) is 15.9. The smallest absolute Gasteiger partial charge is 0.264 e. The molecule has 0 aliphatic carbocycles. The maximum Gasteiger partial charge on any atom is 0.264 e. The number of thiophene rings is 1. The normalized spacial score (nSPS) is 14.1. The fourth-order valence-electron chi connectivity index (χ4n) is 3.82. The van der Waals surface area contributed by atoms with E-state index in [9.17, 15) is 18.8 Å². The van der Waals surface area contributed by atoms with Crippen molar-refractivity contribution in [2.24, 2.45) is 5.92 Å². The predicted octanol–water partition coefficient (Wildman–Crippen LogP) is 4.94. The Morgan fingerprint density at radius 1 is 0.970 bits per heavy atom. The molecule has 1 fully saturated rings. The lowest BCUT2D eigenvalue weighted by atomic mass is 9.95. The van der Waals surface area contributed by atoms with Crippen LogP contribution < -0.4 is 10.6 Å². The Hall–Kier alpha value is -3.52. The van der Waals surface area contributed by atoms with E-state index in [4.69, 9.17) is 0 Å². The molecule has 1 aliphatic rings. The standard InChI is InChI=1S/C25H24FN3O3S/c1-16-14-21(28-24(31)18-6-5-7-19(26)15-18)33-22(16)25(32)29-12-10-17(11-13-29)23(30)27-20-8-3-2-4-9-20/h2-9,14-15,17H,10-13H2,1H3,(H,27,30)(H,28,31). The minimum atomic E-state index is -0.485. The number of nitrogens with one attached hydrogen (secondary N) is 2. The summed E-state index contributed by atoms with van der Waals surface area (Å²) in [4.78, 5) is 40.3. The van der Waals surface area contributed by atoms with Gasteiger partial charge in [-0.25, -0.2) is 4.39 Å². The second-order valence-electron chi connectivity index (χ2n) is 8.01. The summed E-state index contributed by atoms with van der Waals surface area (Å²) in [6, 6.07) is 16.5. The molecule has 0 radical (unpaired) electrons. The average Bonchev–Trinajstić information content (AvgIpc) is 3.19. The van der Waals surface area contributed by atoms with Gasteiger partial charge in [0.15, 0.2) is 0 Å². The molecule has 1 aliphatic heterocycles. The quantitative estimate of drug-likeness (QED) is 0.560. The zero-order chi connectivity index (χ0) is 23.4. The van der Waals surface area contributed by atoms with Crippen LogP contribution in [0.25, 0.3) is 0 Å². The van der Waals surface area contributed by atoms with Gasteiger partial charge in [0.2, 0.25) is 5.91 Å². The molecule has 6 nitrogen and oxygen atoms in total. The summed E-state index contributed by atoms with van der Waals surface area (Å²) in [5.74, 6) is -1.19. The molecule has 0 saturated carbocycles. The number of rotatable bonds is 5. The molecular weight excluding hydrogens is 441 g/mol. The van der Waals surface area contributed by atoms with E-state index in [0.29, 0.717) is 35.8 Å². The SMILES string of the molecule is Cc1cc(NC(=O)c2cccc(F)c2)sc1C(=O)N1CCC(C(=O)Nc2ccccc2)CC1. The first-order valence-electron chi connectivity index (χ1n) is 10.7. The fourth-order valence-corrected chi connectivity index (χ4v) is 4.86. The highest BCUT2D eigenvalue weighted by molar-refractivity contribution is 7.18. The summed E-state index contributed by atoms with van der Waals surface area (Å²) >= 11 is 1.20. The summed E-state index contributed by atoms with van der Waals surface area (Å²) in [7, 11) is 0. The second-order valence-corrected chi connectivity index (χ2v) is 9.06. The predicted molar refractivity (Wildman–Crippen MR) is 127 cm³/mol. The number of para-hydroxylation sites is 1. The Labute approximate surface area is 195 Å². The maximum atomic E-state index is 13.4. The van der Waals surface area contributed by atoms with Crippen molar-refractivity contribution in [3.63, 3.8) is 0 Å². The van der Waals surface area contributed by atoms with Crippen molar-refractivity contribution in [1.29, 1.82) is 0 Å². The van der Waals surface area contributed by atoms with Gasteiger partial charge in [-0.05, 0) is 61.7 Å². The van der Waals surface area contributed by atoms with Crippen LogP contribution in [0, 0.1) is 18.7 Å². The number of nitrogens with zero attached hydrogens (tertiary/aromatic N) is 1. The lowest BCUT2D eigenvalue weighted by Gasteiger charge is -2.31. The van der Waals surface area contributed by atoms with Gasteiger partial charge in [-0.15, -0.1) is 11.3 Å². The Balaban J connectivity index is 1.35. The number of piperidine rings is 1. The average molecular weight is 466 g/mol. The van der Waals surface area contributed by atoms with Crippen LogP contribution in [0.15, 0.2) is 60.7 Å². The summed E-state index contributed by atoms with van der Waals surface area (Å²) in [5, 5.41) is 6.20. The molecule has 0 spiro atoms. The minimum Gasteiger partial charge on any atom is -0.338 e. The molecule has 2 heterocycles. The van der Waals surface area contributed by atoms with Crippen LogP contribution >= 0.6 is 11.3 Å². The van der Waals surface area contributed by atoms with E-state index >= 15 is 0 Å². The number of amides is 3. The summed E-state index contributed by atoms with van der Waals surface area (Å²) in [6.07, 6.45) is 1.19. The van der Waals surface area contributed by atoms with Gasteiger partial charge >= 0.3 is 0 Å². The summed E-state index contributed by atoms with van der Waals surface area (Å²) in [5.41, 5.74) is 1.75. The maximum absolute atomic E-state index is 13.4. The van der Waals surface area contributed by atoms with Crippen LogP contribution in [0.1, 0.15) is 38.4 Å². The lowest BCUT2D eigenvalue weighted by molar-refractivity contribution is -0.121. The first kappa shape index (κ1) is 22.7. The van der Waals surface area contributed by atoms with Gasteiger partial charge in [0.25, 0.3) is 11.8 Å². The van der Waals surface area contributed by atoms with Gasteiger partial charge in [0.05, 0.1) is 9.88 Å². The molecule has 2 N–H and O–H groups in total. The number of carbonyl (C=O) groups excluding carboxylic acids is 3. The summed E-state index contributed by atoms with van der Waals surface area (Å²) in [6.45, 7) is 2.81. The van der Waals surface area contributed by atoms with E-state index in [1.807, 2.05) is 37.3 Å². The number of hydrogen-bond donors (Lipinski definition) is 2. The first-order valence-corrected chi connectivity index (χ1v) is 11.5. The fraction of sp³-hybridized carbons (Fsp3) is 0.240. The van der Waals surface area contributed by atoms with Crippen molar-refractivity contribution in [2.45, 2.75) is 19.8 Å². The molecule has 0 atom stereocenters. The number of hydrogen-bond acceptors (Lipinski definition) is 4. The van der Waals surface area contributed by atoms with E-state index in [0.717, 1.165) is 11.3 Å². The minimum absolute atomic E-state index is 0.0250. The third-order valence-corrected chi connectivity index (χ3v) is 6.77.